The molecule has 1 aromatic heterocycles. The lowest BCUT2D eigenvalue weighted by Crippen LogP contribution is -2.05. The van der Waals surface area contributed by atoms with Crippen LogP contribution in [0.4, 0.5) is 5.69 Å². The van der Waals surface area contributed by atoms with Gasteiger partial charge in [0.15, 0.2) is 0 Å². The molecule has 1 aromatic carbocycles. The van der Waals surface area contributed by atoms with Gasteiger partial charge in [0.1, 0.15) is 5.01 Å². The minimum Gasteiger partial charge on any atom is -0.376 e. The number of nitrogens with zero attached hydrogens (tertiary/aromatic N) is 1. The van der Waals surface area contributed by atoms with Crippen molar-refractivity contribution in [2.45, 2.75) is 13.0 Å². The number of nitrogens with one attached hydrogen (secondary N) is 1. The van der Waals surface area contributed by atoms with Crippen LogP contribution in [0.15, 0.2) is 41.9 Å². The normalized spacial score (nSPS) is 12.4. The molecule has 0 spiro atoms. The number of para-hydroxylation sites is 1. The van der Waals surface area contributed by atoms with Crippen molar-refractivity contribution in [1.82, 2.24) is 4.98 Å². The second kappa shape index (κ2) is 4.24. The van der Waals surface area contributed by atoms with E-state index in [-0.39, 0.29) is 6.04 Å². The summed E-state index contributed by atoms with van der Waals surface area (Å²) < 4.78 is 0. The molecule has 2 nitrogen and oxygen atoms in total. The highest BCUT2D eigenvalue weighted by molar-refractivity contribution is 7.09. The van der Waals surface area contributed by atoms with E-state index in [9.17, 15) is 0 Å². The molecule has 0 saturated heterocycles. The number of hydrogen-bond acceptors (Lipinski definition) is 3. The fourth-order valence-corrected chi connectivity index (χ4v) is 1.94. The zero-order chi connectivity index (χ0) is 9.80. The van der Waals surface area contributed by atoms with E-state index in [1.165, 1.54) is 0 Å². The molecule has 0 aliphatic carbocycles. The highest BCUT2D eigenvalue weighted by atomic mass is 32.1. The SMILES string of the molecule is CC(Nc1ccccc1)c1nccs1. The molecule has 1 atom stereocenters. The molecular formula is C11H12N2S. The fraction of sp³-hybridized carbons (Fsp3) is 0.182. The van der Waals surface area contributed by atoms with Crippen molar-refractivity contribution in [2.24, 2.45) is 0 Å². The van der Waals surface area contributed by atoms with E-state index in [0.29, 0.717) is 0 Å². The van der Waals surface area contributed by atoms with Gasteiger partial charge in [-0.2, -0.15) is 0 Å². The monoisotopic (exact) mass is 204 g/mol. The Kier molecular flexibility index (Phi) is 2.79. The summed E-state index contributed by atoms with van der Waals surface area (Å²) in [6.45, 7) is 2.12. The van der Waals surface area contributed by atoms with Crippen LogP contribution in [0.1, 0.15) is 18.0 Å². The highest BCUT2D eigenvalue weighted by Crippen LogP contribution is 2.20. The quantitative estimate of drug-likeness (QED) is 0.829. The van der Waals surface area contributed by atoms with Crippen LogP contribution in [-0.4, -0.2) is 4.98 Å². The van der Waals surface area contributed by atoms with Crippen LogP contribution < -0.4 is 5.32 Å². The van der Waals surface area contributed by atoms with Gasteiger partial charge in [-0.15, -0.1) is 11.3 Å². The van der Waals surface area contributed by atoms with E-state index in [1.807, 2.05) is 29.8 Å². The van der Waals surface area contributed by atoms with Gasteiger partial charge in [0.2, 0.25) is 0 Å². The van der Waals surface area contributed by atoms with Crippen molar-refractivity contribution in [1.29, 1.82) is 0 Å². The average Bonchev–Trinajstić information content (AvgIpc) is 2.72. The third-order valence-electron chi connectivity index (χ3n) is 1.98. The Morgan fingerprint density at radius 2 is 2.07 bits per heavy atom. The van der Waals surface area contributed by atoms with E-state index in [4.69, 9.17) is 0 Å². The lowest BCUT2D eigenvalue weighted by molar-refractivity contribution is 0.870. The average molecular weight is 204 g/mol. The van der Waals surface area contributed by atoms with Gasteiger partial charge >= 0.3 is 0 Å². The van der Waals surface area contributed by atoms with Crippen LogP contribution in [0, 0.1) is 0 Å². The highest BCUT2D eigenvalue weighted by Gasteiger charge is 2.06. The van der Waals surface area contributed by atoms with E-state index in [2.05, 4.69) is 29.4 Å². The molecule has 0 bridgehead atoms. The van der Waals surface area contributed by atoms with E-state index >= 15 is 0 Å². The summed E-state index contributed by atoms with van der Waals surface area (Å²) in [6, 6.07) is 10.5. The van der Waals surface area contributed by atoms with Crippen LogP contribution in [0.25, 0.3) is 0 Å². The largest absolute Gasteiger partial charge is 0.376 e. The topological polar surface area (TPSA) is 24.9 Å². The summed E-state index contributed by atoms with van der Waals surface area (Å²) in [5.74, 6) is 0. The molecule has 0 radical (unpaired) electrons. The summed E-state index contributed by atoms with van der Waals surface area (Å²) >= 11 is 1.68. The minimum atomic E-state index is 0.275. The Bertz CT molecular complexity index is 369. The van der Waals surface area contributed by atoms with Crippen molar-refractivity contribution >= 4 is 17.0 Å². The maximum absolute atomic E-state index is 4.27. The molecule has 0 aliphatic rings. The fourth-order valence-electron chi connectivity index (χ4n) is 1.29. The third-order valence-corrected chi connectivity index (χ3v) is 2.94. The van der Waals surface area contributed by atoms with E-state index in [1.54, 1.807) is 11.3 Å². The van der Waals surface area contributed by atoms with Gasteiger partial charge in [-0.1, -0.05) is 18.2 Å². The molecular weight excluding hydrogens is 192 g/mol. The Labute approximate surface area is 87.6 Å². The molecule has 0 aliphatic heterocycles. The molecule has 1 N–H and O–H groups in total. The van der Waals surface area contributed by atoms with Crippen molar-refractivity contribution in [3.05, 3.63) is 46.9 Å². The first-order valence-electron chi connectivity index (χ1n) is 4.57. The van der Waals surface area contributed by atoms with Crippen molar-refractivity contribution in [3.8, 4) is 0 Å². The number of thiazole rings is 1. The number of hydrogen-bond donors (Lipinski definition) is 1. The van der Waals surface area contributed by atoms with Gasteiger partial charge in [-0.05, 0) is 19.1 Å². The molecule has 72 valence electrons. The zero-order valence-electron chi connectivity index (χ0n) is 7.97. The Morgan fingerprint density at radius 3 is 2.71 bits per heavy atom. The van der Waals surface area contributed by atoms with Crippen molar-refractivity contribution in [2.75, 3.05) is 5.32 Å². The Hall–Kier alpha value is -1.35. The molecule has 0 fully saturated rings. The van der Waals surface area contributed by atoms with Gasteiger partial charge in [0, 0.05) is 17.3 Å². The first kappa shape index (κ1) is 9.21. The molecule has 2 aromatic rings. The van der Waals surface area contributed by atoms with Crippen LogP contribution in [0.5, 0.6) is 0 Å². The summed E-state index contributed by atoms with van der Waals surface area (Å²) in [5.41, 5.74) is 1.13. The first-order chi connectivity index (χ1) is 6.86. The second-order valence-corrected chi connectivity index (χ2v) is 4.03. The van der Waals surface area contributed by atoms with Crippen LogP contribution in [0.2, 0.25) is 0 Å². The molecule has 14 heavy (non-hydrogen) atoms. The molecule has 2 rings (SSSR count). The molecule has 3 heteroatoms. The van der Waals surface area contributed by atoms with Gasteiger partial charge in [0.05, 0.1) is 6.04 Å². The summed E-state index contributed by atoms with van der Waals surface area (Å²) in [5, 5.41) is 6.51. The summed E-state index contributed by atoms with van der Waals surface area (Å²) in [6.07, 6.45) is 1.84. The summed E-state index contributed by atoms with van der Waals surface area (Å²) in [7, 11) is 0. The van der Waals surface area contributed by atoms with Gasteiger partial charge in [-0.25, -0.2) is 4.98 Å². The lowest BCUT2D eigenvalue weighted by atomic mass is 10.3. The molecule has 0 amide bonds. The zero-order valence-corrected chi connectivity index (χ0v) is 8.79. The lowest BCUT2D eigenvalue weighted by Gasteiger charge is -2.11. The standard InChI is InChI=1S/C11H12N2S/c1-9(11-12-7-8-14-11)13-10-5-3-2-4-6-10/h2-9,13H,1H3. The van der Waals surface area contributed by atoms with Gasteiger partial charge in [0.25, 0.3) is 0 Å². The second-order valence-electron chi connectivity index (χ2n) is 3.10. The van der Waals surface area contributed by atoms with Crippen molar-refractivity contribution < 1.29 is 0 Å². The first-order valence-corrected chi connectivity index (χ1v) is 5.45. The number of benzene rings is 1. The van der Waals surface area contributed by atoms with Crippen molar-refractivity contribution in [3.63, 3.8) is 0 Å². The Balaban J connectivity index is 2.06. The minimum absolute atomic E-state index is 0.275. The smallest absolute Gasteiger partial charge is 0.115 e. The predicted octanol–water partition coefficient (Wildman–Crippen LogP) is 3.32. The van der Waals surface area contributed by atoms with Gasteiger partial charge < -0.3 is 5.32 Å². The molecule has 1 heterocycles. The number of rotatable bonds is 3. The van der Waals surface area contributed by atoms with Crippen LogP contribution >= 0.6 is 11.3 Å². The number of aromatic nitrogens is 1. The Morgan fingerprint density at radius 1 is 1.29 bits per heavy atom. The molecule has 0 saturated carbocycles. The third kappa shape index (κ3) is 2.12. The summed E-state index contributed by atoms with van der Waals surface area (Å²) in [4.78, 5) is 4.27. The van der Waals surface area contributed by atoms with Crippen LogP contribution in [-0.2, 0) is 0 Å². The maximum Gasteiger partial charge on any atom is 0.115 e. The number of anilines is 1. The van der Waals surface area contributed by atoms with E-state index < -0.39 is 0 Å². The maximum atomic E-state index is 4.27. The van der Waals surface area contributed by atoms with E-state index in [0.717, 1.165) is 10.7 Å². The predicted molar refractivity (Wildman–Crippen MR) is 60.6 cm³/mol. The van der Waals surface area contributed by atoms with Crippen LogP contribution in [0.3, 0.4) is 0 Å². The molecule has 1 unspecified atom stereocenters. The van der Waals surface area contributed by atoms with Gasteiger partial charge in [-0.3, -0.25) is 0 Å².